The summed E-state index contributed by atoms with van der Waals surface area (Å²) < 4.78 is 0. The van der Waals surface area contributed by atoms with E-state index in [1.165, 1.54) is 53.1 Å². The van der Waals surface area contributed by atoms with Gasteiger partial charge in [0.2, 0.25) is 0 Å². The minimum atomic E-state index is 0. The van der Waals surface area contributed by atoms with Gasteiger partial charge in [-0.3, -0.25) is 0 Å². The Labute approximate surface area is 172 Å². The lowest BCUT2D eigenvalue weighted by atomic mass is 9.63. The number of hydrogen-bond donors (Lipinski definition) is 1. The molecule has 2 aliphatic rings. The summed E-state index contributed by atoms with van der Waals surface area (Å²) in [5, 5.41) is 7.04. The van der Waals surface area contributed by atoms with Gasteiger partial charge in [-0.25, -0.2) is 4.98 Å². The molecule has 0 unspecified atom stereocenters. The molecule has 0 spiro atoms. The maximum Gasteiger partial charge on any atom is 0.0964 e. The van der Waals surface area contributed by atoms with E-state index in [0.29, 0.717) is 5.92 Å². The van der Waals surface area contributed by atoms with Crippen LogP contribution in [0.1, 0.15) is 75.4 Å². The number of nitrogens with zero attached hydrogens (tertiary/aromatic N) is 1. The van der Waals surface area contributed by atoms with Crippen LogP contribution in [0.3, 0.4) is 0 Å². The fourth-order valence-electron chi connectivity index (χ4n) is 4.42. The highest BCUT2D eigenvalue weighted by Gasteiger charge is 2.37. The molecule has 0 radical (unpaired) electrons. The first-order valence-electron chi connectivity index (χ1n) is 9.68. The van der Waals surface area contributed by atoms with Gasteiger partial charge >= 0.3 is 0 Å². The number of rotatable bonds is 2. The van der Waals surface area contributed by atoms with Crippen LogP contribution < -0.4 is 5.32 Å². The largest absolute Gasteiger partial charge is 0.317 e. The molecule has 0 atom stereocenters. The zero-order chi connectivity index (χ0) is 17.7. The van der Waals surface area contributed by atoms with Crippen molar-refractivity contribution in [2.75, 3.05) is 13.1 Å². The number of hydrogen-bond acceptors (Lipinski definition) is 3. The molecule has 2 nitrogen and oxygen atoms in total. The van der Waals surface area contributed by atoms with Crippen molar-refractivity contribution in [1.82, 2.24) is 10.3 Å². The van der Waals surface area contributed by atoms with Gasteiger partial charge in [-0.1, -0.05) is 39.8 Å². The second-order valence-electron chi connectivity index (χ2n) is 9.12. The van der Waals surface area contributed by atoms with E-state index in [1.807, 2.05) is 11.3 Å². The van der Waals surface area contributed by atoms with Crippen molar-refractivity contribution >= 4 is 28.3 Å². The fraction of sp³-hybridized carbons (Fsp3) is 0.591. The van der Waals surface area contributed by atoms with Gasteiger partial charge in [0.1, 0.15) is 0 Å². The first kappa shape index (κ1) is 20.0. The Morgan fingerprint density at radius 3 is 2.35 bits per heavy atom. The zero-order valence-corrected chi connectivity index (χ0v) is 18.9. The Kier molecular flexibility index (Phi) is 5.68. The molecule has 142 valence electrons. The molecule has 0 bridgehead atoms. The van der Waals surface area contributed by atoms with Crippen molar-refractivity contribution in [2.24, 2.45) is 0 Å². The van der Waals surface area contributed by atoms with Crippen LogP contribution in [0, 0.1) is 0 Å². The maximum absolute atomic E-state index is 5.03. The summed E-state index contributed by atoms with van der Waals surface area (Å²) in [7, 11) is 0. The van der Waals surface area contributed by atoms with Crippen molar-refractivity contribution in [3.05, 3.63) is 39.7 Å². The number of benzene rings is 1. The predicted molar refractivity (Wildman–Crippen MR) is 118 cm³/mol. The molecule has 1 aromatic carbocycles. The molecule has 1 fully saturated rings. The molecular weight excluding hydrogens is 404 g/mol. The summed E-state index contributed by atoms with van der Waals surface area (Å²) >= 11 is 1.85. The maximum atomic E-state index is 5.03. The van der Waals surface area contributed by atoms with Gasteiger partial charge in [0, 0.05) is 16.9 Å². The standard InChI is InChI=1S/C22H30N2S.BrH/c1-21(2)9-10-22(3,4)18-13-16(5-6-17(18)21)19-14-25-20(24-19)15-7-11-23-12-8-15;/h5-6,13-15,23H,7-12H2,1-4H3;1H. The molecule has 1 aliphatic heterocycles. The van der Waals surface area contributed by atoms with E-state index in [4.69, 9.17) is 4.98 Å². The van der Waals surface area contributed by atoms with Gasteiger partial charge in [0.15, 0.2) is 0 Å². The van der Waals surface area contributed by atoms with E-state index < -0.39 is 0 Å². The van der Waals surface area contributed by atoms with Gasteiger partial charge in [0.05, 0.1) is 10.7 Å². The topological polar surface area (TPSA) is 24.9 Å². The molecule has 26 heavy (non-hydrogen) atoms. The van der Waals surface area contributed by atoms with Crippen LogP contribution in [-0.2, 0) is 10.8 Å². The van der Waals surface area contributed by atoms with E-state index in [0.717, 1.165) is 13.1 Å². The second-order valence-corrected chi connectivity index (χ2v) is 10.0. The molecule has 0 saturated carbocycles. The highest BCUT2D eigenvalue weighted by atomic mass is 79.9. The predicted octanol–water partition coefficient (Wildman–Crippen LogP) is 6.20. The molecule has 4 heteroatoms. The SMILES string of the molecule is Br.CC1(C)CCC(C)(C)c2cc(-c3csc(C4CCNCC4)n3)ccc21. The van der Waals surface area contributed by atoms with Gasteiger partial charge in [0.25, 0.3) is 0 Å². The minimum Gasteiger partial charge on any atom is -0.317 e. The van der Waals surface area contributed by atoms with Crippen LogP contribution in [0.5, 0.6) is 0 Å². The first-order chi connectivity index (χ1) is 11.9. The number of halogens is 1. The Bertz CT molecular complexity index is 772. The van der Waals surface area contributed by atoms with E-state index in [9.17, 15) is 0 Å². The molecule has 1 aliphatic carbocycles. The zero-order valence-electron chi connectivity index (χ0n) is 16.4. The third-order valence-corrected chi connectivity index (χ3v) is 7.37. The Morgan fingerprint density at radius 2 is 1.65 bits per heavy atom. The summed E-state index contributed by atoms with van der Waals surface area (Å²) in [6.07, 6.45) is 4.97. The van der Waals surface area contributed by atoms with Crippen molar-refractivity contribution in [3.8, 4) is 11.3 Å². The van der Waals surface area contributed by atoms with E-state index >= 15 is 0 Å². The fourth-order valence-corrected chi connectivity index (χ4v) is 5.42. The van der Waals surface area contributed by atoms with Crippen LogP contribution in [0.4, 0.5) is 0 Å². The lowest BCUT2D eigenvalue weighted by molar-refractivity contribution is 0.332. The number of nitrogens with one attached hydrogen (secondary N) is 1. The highest BCUT2D eigenvalue weighted by molar-refractivity contribution is 8.93. The van der Waals surface area contributed by atoms with Crippen LogP contribution in [0.2, 0.25) is 0 Å². The van der Waals surface area contributed by atoms with Crippen molar-refractivity contribution < 1.29 is 0 Å². The van der Waals surface area contributed by atoms with Crippen molar-refractivity contribution in [1.29, 1.82) is 0 Å². The first-order valence-corrected chi connectivity index (χ1v) is 10.6. The molecule has 2 heterocycles. The third-order valence-electron chi connectivity index (χ3n) is 6.36. The van der Waals surface area contributed by atoms with E-state index in [2.05, 4.69) is 56.6 Å². The molecular formula is C22H31BrN2S. The summed E-state index contributed by atoms with van der Waals surface area (Å²) in [4.78, 5) is 5.03. The average molecular weight is 435 g/mol. The summed E-state index contributed by atoms with van der Waals surface area (Å²) in [6.45, 7) is 11.8. The molecule has 1 N–H and O–H groups in total. The van der Waals surface area contributed by atoms with Gasteiger partial charge in [-0.15, -0.1) is 28.3 Å². The molecule has 2 aromatic rings. The van der Waals surface area contributed by atoms with Crippen LogP contribution >= 0.6 is 28.3 Å². The normalized spacial score (nSPS) is 21.7. The Morgan fingerprint density at radius 1 is 1.00 bits per heavy atom. The van der Waals surface area contributed by atoms with Crippen molar-refractivity contribution in [3.63, 3.8) is 0 Å². The number of fused-ring (bicyclic) bond motifs is 1. The molecule has 4 rings (SSSR count). The summed E-state index contributed by atoms with van der Waals surface area (Å²) in [5.41, 5.74) is 6.06. The van der Waals surface area contributed by atoms with Crippen LogP contribution in [-0.4, -0.2) is 18.1 Å². The molecule has 0 amide bonds. The second kappa shape index (κ2) is 7.37. The number of piperidine rings is 1. The van der Waals surface area contributed by atoms with Crippen LogP contribution in [0.25, 0.3) is 11.3 Å². The number of aromatic nitrogens is 1. The van der Waals surface area contributed by atoms with Gasteiger partial charge in [-0.2, -0.15) is 0 Å². The summed E-state index contributed by atoms with van der Waals surface area (Å²) in [5.74, 6) is 0.646. The number of thiazole rings is 1. The van der Waals surface area contributed by atoms with E-state index in [1.54, 1.807) is 0 Å². The smallest absolute Gasteiger partial charge is 0.0964 e. The third kappa shape index (κ3) is 3.65. The van der Waals surface area contributed by atoms with Crippen molar-refractivity contribution in [2.45, 2.75) is 70.1 Å². The Balaban J connectivity index is 0.00000196. The average Bonchev–Trinajstić information content (AvgIpc) is 3.10. The van der Waals surface area contributed by atoms with Crippen LogP contribution in [0.15, 0.2) is 23.6 Å². The minimum absolute atomic E-state index is 0. The quantitative estimate of drug-likeness (QED) is 0.607. The van der Waals surface area contributed by atoms with Gasteiger partial charge < -0.3 is 5.32 Å². The van der Waals surface area contributed by atoms with Gasteiger partial charge in [-0.05, 0) is 66.8 Å². The lowest BCUT2D eigenvalue weighted by Crippen LogP contribution is -2.33. The molecule has 1 saturated heterocycles. The highest BCUT2D eigenvalue weighted by Crippen LogP contribution is 2.46. The monoisotopic (exact) mass is 434 g/mol. The molecule has 1 aromatic heterocycles. The summed E-state index contributed by atoms with van der Waals surface area (Å²) in [6, 6.07) is 7.09. The van der Waals surface area contributed by atoms with E-state index in [-0.39, 0.29) is 27.8 Å². The lowest BCUT2D eigenvalue weighted by Gasteiger charge is -2.42. The Hall–Kier alpha value is -0.710.